The average molecular weight is 320 g/mol. The van der Waals surface area contributed by atoms with E-state index < -0.39 is 0 Å². The third-order valence-corrected chi connectivity index (χ3v) is 3.59. The van der Waals surface area contributed by atoms with E-state index in [0.29, 0.717) is 13.0 Å². The van der Waals surface area contributed by atoms with Crippen LogP contribution in [0.2, 0.25) is 0 Å². The van der Waals surface area contributed by atoms with Gasteiger partial charge in [-0.15, -0.1) is 0 Å². The molecule has 2 rings (SSSR count). The third-order valence-electron chi connectivity index (χ3n) is 2.93. The van der Waals surface area contributed by atoms with Crippen molar-refractivity contribution in [2.45, 2.75) is 20.3 Å². The highest BCUT2D eigenvalue weighted by Crippen LogP contribution is 2.20. The third kappa shape index (κ3) is 4.78. The van der Waals surface area contributed by atoms with E-state index in [1.165, 1.54) is 11.5 Å². The number of benzene rings is 1. The van der Waals surface area contributed by atoms with E-state index in [1.807, 2.05) is 38.1 Å². The second-order valence-electron chi connectivity index (χ2n) is 5.10. The smallest absolute Gasteiger partial charge is 0.226 e. The molecular weight excluding hydrogens is 300 g/mol. The molecule has 0 aliphatic carbocycles. The minimum absolute atomic E-state index is 0.00705. The van der Waals surface area contributed by atoms with Gasteiger partial charge in [0.1, 0.15) is 5.82 Å². The van der Waals surface area contributed by atoms with Gasteiger partial charge in [-0.05, 0) is 24.3 Å². The maximum Gasteiger partial charge on any atom is 0.226 e. The van der Waals surface area contributed by atoms with Crippen molar-refractivity contribution in [2.24, 2.45) is 5.92 Å². The number of nitrogens with one attached hydrogen (secondary N) is 2. The SMILES string of the molecule is COCCc1nsc(Nc2ccc(NC(=O)C(C)C)cc2)n1. The van der Waals surface area contributed by atoms with Crippen LogP contribution in [0, 0.1) is 5.92 Å². The van der Waals surface area contributed by atoms with Gasteiger partial charge < -0.3 is 15.4 Å². The van der Waals surface area contributed by atoms with Crippen molar-refractivity contribution in [3.8, 4) is 0 Å². The lowest BCUT2D eigenvalue weighted by molar-refractivity contribution is -0.118. The van der Waals surface area contributed by atoms with Gasteiger partial charge in [0, 0.05) is 42.4 Å². The molecule has 6 nitrogen and oxygen atoms in total. The van der Waals surface area contributed by atoms with Crippen LogP contribution >= 0.6 is 11.5 Å². The van der Waals surface area contributed by atoms with Gasteiger partial charge in [0.25, 0.3) is 0 Å². The number of aromatic nitrogens is 2. The molecule has 118 valence electrons. The summed E-state index contributed by atoms with van der Waals surface area (Å²) in [7, 11) is 1.66. The van der Waals surface area contributed by atoms with Crippen molar-refractivity contribution in [2.75, 3.05) is 24.4 Å². The zero-order chi connectivity index (χ0) is 15.9. The number of carbonyl (C=O) groups is 1. The lowest BCUT2D eigenvalue weighted by Crippen LogP contribution is -2.17. The fourth-order valence-corrected chi connectivity index (χ4v) is 2.28. The molecule has 0 spiro atoms. The number of amides is 1. The molecule has 0 atom stereocenters. The number of anilines is 3. The molecule has 1 aromatic carbocycles. The Balaban J connectivity index is 1.93. The summed E-state index contributed by atoms with van der Waals surface area (Å²) >= 11 is 1.32. The van der Waals surface area contributed by atoms with Crippen molar-refractivity contribution in [3.63, 3.8) is 0 Å². The minimum Gasteiger partial charge on any atom is -0.384 e. The van der Waals surface area contributed by atoms with Crippen molar-refractivity contribution in [1.29, 1.82) is 0 Å². The Bertz CT molecular complexity index is 610. The highest BCUT2D eigenvalue weighted by atomic mass is 32.1. The van der Waals surface area contributed by atoms with Crippen molar-refractivity contribution >= 4 is 33.9 Å². The van der Waals surface area contributed by atoms with Gasteiger partial charge in [-0.3, -0.25) is 4.79 Å². The zero-order valence-electron chi connectivity index (χ0n) is 12.9. The highest BCUT2D eigenvalue weighted by molar-refractivity contribution is 7.09. The predicted molar refractivity (Wildman–Crippen MR) is 88.7 cm³/mol. The Labute approximate surface area is 134 Å². The summed E-state index contributed by atoms with van der Waals surface area (Å²) in [6.45, 7) is 4.34. The molecule has 0 saturated heterocycles. The first kappa shape index (κ1) is 16.4. The summed E-state index contributed by atoms with van der Waals surface area (Å²) in [5.41, 5.74) is 1.68. The van der Waals surface area contributed by atoms with E-state index in [1.54, 1.807) is 7.11 Å². The minimum atomic E-state index is -0.0373. The molecule has 2 N–H and O–H groups in total. The first-order valence-corrected chi connectivity index (χ1v) is 7.85. The van der Waals surface area contributed by atoms with Crippen LogP contribution in [0.1, 0.15) is 19.7 Å². The fourth-order valence-electron chi connectivity index (χ4n) is 1.65. The molecule has 0 bridgehead atoms. The van der Waals surface area contributed by atoms with Gasteiger partial charge in [-0.1, -0.05) is 13.8 Å². The summed E-state index contributed by atoms with van der Waals surface area (Å²) in [6.07, 6.45) is 0.703. The van der Waals surface area contributed by atoms with Gasteiger partial charge in [0.2, 0.25) is 11.0 Å². The van der Waals surface area contributed by atoms with Crippen LogP contribution < -0.4 is 10.6 Å². The lowest BCUT2D eigenvalue weighted by Gasteiger charge is -2.08. The van der Waals surface area contributed by atoms with Crippen LogP contribution in [0.4, 0.5) is 16.5 Å². The standard InChI is InChI=1S/C15H20N4O2S/c1-10(2)14(20)16-11-4-6-12(7-5-11)17-15-18-13(19-22-15)8-9-21-3/h4-7,10H,8-9H2,1-3H3,(H,16,20)(H,17,18,19). The van der Waals surface area contributed by atoms with Gasteiger partial charge >= 0.3 is 0 Å². The molecule has 1 aromatic heterocycles. The Morgan fingerprint density at radius 3 is 2.59 bits per heavy atom. The highest BCUT2D eigenvalue weighted by Gasteiger charge is 2.07. The molecule has 0 aliphatic rings. The van der Waals surface area contributed by atoms with Gasteiger partial charge in [0.15, 0.2) is 0 Å². The number of hydrogen-bond donors (Lipinski definition) is 2. The number of hydrogen-bond acceptors (Lipinski definition) is 6. The molecule has 7 heteroatoms. The van der Waals surface area contributed by atoms with Crippen LogP contribution in [-0.2, 0) is 16.0 Å². The van der Waals surface area contributed by atoms with Gasteiger partial charge in [0.05, 0.1) is 6.61 Å². The molecule has 1 amide bonds. The zero-order valence-corrected chi connectivity index (χ0v) is 13.7. The Morgan fingerprint density at radius 1 is 1.27 bits per heavy atom. The number of nitrogens with zero attached hydrogens (tertiary/aromatic N) is 2. The van der Waals surface area contributed by atoms with Gasteiger partial charge in [-0.2, -0.15) is 4.37 Å². The number of ether oxygens (including phenoxy) is 1. The second kappa shape index (κ2) is 7.86. The topological polar surface area (TPSA) is 76.1 Å². The summed E-state index contributed by atoms with van der Waals surface area (Å²) in [5, 5.41) is 6.79. The van der Waals surface area contributed by atoms with E-state index in [0.717, 1.165) is 22.3 Å². The summed E-state index contributed by atoms with van der Waals surface area (Å²) in [5.74, 6) is 0.743. The Hall–Kier alpha value is -1.99. The van der Waals surface area contributed by atoms with Crippen LogP contribution in [0.3, 0.4) is 0 Å². The molecule has 0 radical (unpaired) electrons. The largest absolute Gasteiger partial charge is 0.384 e. The molecular formula is C15H20N4O2S. The number of methoxy groups -OCH3 is 1. The van der Waals surface area contributed by atoms with Crippen LogP contribution in [0.15, 0.2) is 24.3 Å². The van der Waals surface area contributed by atoms with E-state index in [9.17, 15) is 4.79 Å². The molecule has 22 heavy (non-hydrogen) atoms. The van der Waals surface area contributed by atoms with Crippen LogP contribution in [0.5, 0.6) is 0 Å². The second-order valence-corrected chi connectivity index (χ2v) is 5.86. The summed E-state index contributed by atoms with van der Waals surface area (Å²) in [6, 6.07) is 7.50. The number of carbonyl (C=O) groups excluding carboxylic acids is 1. The van der Waals surface area contributed by atoms with E-state index >= 15 is 0 Å². The maximum absolute atomic E-state index is 11.6. The molecule has 0 aliphatic heterocycles. The first-order chi connectivity index (χ1) is 10.6. The molecule has 1 heterocycles. The van der Waals surface area contributed by atoms with Crippen molar-refractivity contribution < 1.29 is 9.53 Å². The monoisotopic (exact) mass is 320 g/mol. The average Bonchev–Trinajstić information content (AvgIpc) is 2.94. The van der Waals surface area contributed by atoms with Gasteiger partial charge in [-0.25, -0.2) is 4.98 Å². The van der Waals surface area contributed by atoms with Crippen LogP contribution in [0.25, 0.3) is 0 Å². The van der Waals surface area contributed by atoms with Crippen molar-refractivity contribution in [1.82, 2.24) is 9.36 Å². The summed E-state index contributed by atoms with van der Waals surface area (Å²) in [4.78, 5) is 16.0. The molecule has 0 fully saturated rings. The predicted octanol–water partition coefficient (Wildman–Crippen LogP) is 3.07. The molecule has 0 unspecified atom stereocenters. The van der Waals surface area contributed by atoms with E-state index in [-0.39, 0.29) is 11.8 Å². The molecule has 2 aromatic rings. The summed E-state index contributed by atoms with van der Waals surface area (Å²) < 4.78 is 9.26. The van der Waals surface area contributed by atoms with Crippen molar-refractivity contribution in [3.05, 3.63) is 30.1 Å². The fraction of sp³-hybridized carbons (Fsp3) is 0.400. The lowest BCUT2D eigenvalue weighted by atomic mass is 10.2. The number of rotatable bonds is 7. The quantitative estimate of drug-likeness (QED) is 0.820. The first-order valence-electron chi connectivity index (χ1n) is 7.08. The van der Waals surface area contributed by atoms with E-state index in [2.05, 4.69) is 20.0 Å². The van der Waals surface area contributed by atoms with Crippen LogP contribution in [-0.4, -0.2) is 29.0 Å². The molecule has 0 saturated carbocycles. The Morgan fingerprint density at radius 2 is 1.95 bits per heavy atom. The normalized spacial score (nSPS) is 10.7. The Kier molecular flexibility index (Phi) is 5.85. The van der Waals surface area contributed by atoms with E-state index in [4.69, 9.17) is 4.74 Å². The maximum atomic E-state index is 11.6.